The Kier molecular flexibility index (Phi) is 11.6. The van der Waals surface area contributed by atoms with E-state index in [4.69, 9.17) is 19.2 Å². The molecule has 0 bridgehead atoms. The van der Waals surface area contributed by atoms with Gasteiger partial charge in [0.2, 0.25) is 0 Å². The summed E-state index contributed by atoms with van der Waals surface area (Å²) in [5.41, 5.74) is 4.09. The fraction of sp³-hybridized carbons (Fsp3) is 0.333. The zero-order valence-electron chi connectivity index (χ0n) is 26.4. The number of piperazine rings is 1. The molecule has 1 amide bonds. The predicted molar refractivity (Wildman–Crippen MR) is 180 cm³/mol. The van der Waals surface area contributed by atoms with Crippen LogP contribution in [-0.4, -0.2) is 86.2 Å². The average molecular weight is 627 g/mol. The highest BCUT2D eigenvalue weighted by atomic mass is 32.1. The van der Waals surface area contributed by atoms with Gasteiger partial charge in [0.05, 0.1) is 27.9 Å². The zero-order chi connectivity index (χ0) is 31.4. The van der Waals surface area contributed by atoms with Gasteiger partial charge in [-0.2, -0.15) is 0 Å². The van der Waals surface area contributed by atoms with Gasteiger partial charge in [-0.05, 0) is 47.4 Å². The van der Waals surface area contributed by atoms with Crippen molar-refractivity contribution in [2.24, 2.45) is 0 Å². The molecule has 1 aliphatic heterocycles. The van der Waals surface area contributed by atoms with Crippen LogP contribution < -0.4 is 14.2 Å². The third-order valence-corrected chi connectivity index (χ3v) is 8.83. The van der Waals surface area contributed by atoms with E-state index in [1.807, 2.05) is 52.7 Å². The number of amides is 1. The lowest BCUT2D eigenvalue weighted by molar-refractivity contribution is 0.0645. The maximum atomic E-state index is 13.4. The number of carbonyl (C=O) groups is 1. The van der Waals surface area contributed by atoms with Crippen molar-refractivity contribution >= 4 is 23.3 Å². The van der Waals surface area contributed by atoms with Crippen molar-refractivity contribution in [2.75, 3.05) is 60.6 Å². The molecular weight excluding hydrogens is 584 g/mol. The van der Waals surface area contributed by atoms with E-state index in [0.717, 1.165) is 67.0 Å². The van der Waals surface area contributed by atoms with E-state index >= 15 is 0 Å². The Morgan fingerprint density at radius 3 is 2.31 bits per heavy atom. The second-order valence-electron chi connectivity index (χ2n) is 11.0. The molecular formula is C36H42N4O4S. The van der Waals surface area contributed by atoms with Crippen molar-refractivity contribution in [3.8, 4) is 17.2 Å². The van der Waals surface area contributed by atoms with Crippen LogP contribution in [0.25, 0.3) is 6.08 Å². The van der Waals surface area contributed by atoms with Crippen molar-refractivity contribution < 1.29 is 19.0 Å². The molecule has 4 aromatic rings. The molecule has 2 heterocycles. The lowest BCUT2D eigenvalue weighted by Crippen LogP contribution is -2.48. The minimum atomic E-state index is 0.0176. The number of methoxy groups -OCH3 is 3. The molecule has 0 N–H and O–H groups in total. The number of rotatable bonds is 14. The van der Waals surface area contributed by atoms with E-state index in [1.54, 1.807) is 32.7 Å². The van der Waals surface area contributed by atoms with E-state index in [0.29, 0.717) is 25.3 Å². The molecule has 9 heteroatoms. The van der Waals surface area contributed by atoms with Crippen LogP contribution in [0.3, 0.4) is 0 Å². The first kappa shape index (κ1) is 32.2. The Morgan fingerprint density at radius 2 is 1.60 bits per heavy atom. The first-order chi connectivity index (χ1) is 22.0. The van der Waals surface area contributed by atoms with Gasteiger partial charge in [0, 0.05) is 51.2 Å². The van der Waals surface area contributed by atoms with Crippen LogP contribution in [0.2, 0.25) is 0 Å². The van der Waals surface area contributed by atoms with Crippen LogP contribution in [0.15, 0.2) is 84.3 Å². The highest BCUT2D eigenvalue weighted by Gasteiger charge is 2.24. The summed E-state index contributed by atoms with van der Waals surface area (Å²) in [4.78, 5) is 24.9. The molecule has 0 unspecified atom stereocenters. The summed E-state index contributed by atoms with van der Waals surface area (Å²) >= 11 is 1.55. The van der Waals surface area contributed by atoms with Crippen molar-refractivity contribution in [3.63, 3.8) is 0 Å². The molecule has 1 fully saturated rings. The lowest BCUT2D eigenvalue weighted by atomic mass is 10.1. The highest BCUT2D eigenvalue weighted by Crippen LogP contribution is 2.28. The molecule has 0 aliphatic carbocycles. The summed E-state index contributed by atoms with van der Waals surface area (Å²) < 4.78 is 16.3. The van der Waals surface area contributed by atoms with Gasteiger partial charge in [-0.15, -0.1) is 11.3 Å². The molecule has 3 aromatic carbocycles. The minimum absolute atomic E-state index is 0.0176. The molecule has 5 rings (SSSR count). The summed E-state index contributed by atoms with van der Waals surface area (Å²) in [7, 11) is 4.98. The van der Waals surface area contributed by atoms with Gasteiger partial charge in [0.25, 0.3) is 5.91 Å². The number of benzene rings is 3. The summed E-state index contributed by atoms with van der Waals surface area (Å²) in [5, 5.41) is 2.84. The number of hydrogen-bond acceptors (Lipinski definition) is 8. The Labute approximate surface area is 270 Å². The van der Waals surface area contributed by atoms with Crippen molar-refractivity contribution in [3.05, 3.63) is 112 Å². The molecule has 45 heavy (non-hydrogen) atoms. The maximum Gasteiger partial charge on any atom is 0.273 e. The smallest absolute Gasteiger partial charge is 0.273 e. The predicted octanol–water partition coefficient (Wildman–Crippen LogP) is 5.89. The molecule has 1 saturated heterocycles. The van der Waals surface area contributed by atoms with Crippen LogP contribution in [0.5, 0.6) is 17.2 Å². The number of hydrogen-bond donors (Lipinski definition) is 0. The third-order valence-electron chi connectivity index (χ3n) is 7.99. The lowest BCUT2D eigenvalue weighted by Gasteiger charge is -2.33. The van der Waals surface area contributed by atoms with E-state index in [1.165, 1.54) is 11.1 Å². The average Bonchev–Trinajstić information content (AvgIpc) is 3.56. The topological polar surface area (TPSA) is 67.4 Å². The second-order valence-corrected chi connectivity index (χ2v) is 12.0. The van der Waals surface area contributed by atoms with Crippen LogP contribution in [-0.2, 0) is 19.5 Å². The Morgan fingerprint density at radius 1 is 0.867 bits per heavy atom. The van der Waals surface area contributed by atoms with Crippen molar-refractivity contribution in [2.45, 2.75) is 19.5 Å². The summed E-state index contributed by atoms with van der Waals surface area (Å²) in [5.74, 6) is 2.30. The third kappa shape index (κ3) is 9.17. The number of carbonyl (C=O) groups excluding carboxylic acids is 1. The van der Waals surface area contributed by atoms with Gasteiger partial charge >= 0.3 is 0 Å². The SMILES string of the molecule is COc1ccc(CN(CCc2ccc(OC)c(OC)c2)Cc2nc(C(=O)N3CCN(CC=Cc4ccccc4)CC3)cs2)cc1. The molecule has 0 atom stereocenters. The first-order valence-corrected chi connectivity index (χ1v) is 16.2. The van der Waals surface area contributed by atoms with Crippen molar-refractivity contribution in [1.82, 2.24) is 19.7 Å². The molecule has 1 aromatic heterocycles. The molecule has 0 saturated carbocycles. The van der Waals surface area contributed by atoms with E-state index < -0.39 is 0 Å². The van der Waals surface area contributed by atoms with Gasteiger partial charge in [-0.25, -0.2) is 4.98 Å². The maximum absolute atomic E-state index is 13.4. The van der Waals surface area contributed by atoms with E-state index in [9.17, 15) is 4.79 Å². The number of ether oxygens (including phenoxy) is 3. The first-order valence-electron chi connectivity index (χ1n) is 15.3. The fourth-order valence-electron chi connectivity index (χ4n) is 5.40. The zero-order valence-corrected chi connectivity index (χ0v) is 27.2. The standard InChI is InChI=1S/C36H42N4O4S/c1-42-31-14-11-30(12-15-31)25-39(19-17-29-13-16-33(43-2)34(24-29)44-3)26-35-37-32(27-45-35)36(41)40-22-20-38(21-23-40)18-7-10-28-8-5-4-6-9-28/h4-16,24,27H,17-23,25-26H2,1-3H3. The molecule has 0 radical (unpaired) electrons. The van der Waals surface area contributed by atoms with Gasteiger partial charge in [-0.1, -0.05) is 60.7 Å². The highest BCUT2D eigenvalue weighted by molar-refractivity contribution is 7.09. The van der Waals surface area contributed by atoms with Crippen LogP contribution >= 0.6 is 11.3 Å². The van der Waals surface area contributed by atoms with E-state index in [2.05, 4.69) is 52.3 Å². The fourth-order valence-corrected chi connectivity index (χ4v) is 6.21. The number of thiazole rings is 1. The van der Waals surface area contributed by atoms with Gasteiger partial charge < -0.3 is 19.1 Å². The summed E-state index contributed by atoms with van der Waals surface area (Å²) in [6.07, 6.45) is 5.18. The summed E-state index contributed by atoms with van der Waals surface area (Å²) in [6.45, 7) is 6.22. The quantitative estimate of drug-likeness (QED) is 0.173. The van der Waals surface area contributed by atoms with Gasteiger partial charge in [0.15, 0.2) is 11.5 Å². The van der Waals surface area contributed by atoms with Crippen LogP contribution in [0.1, 0.15) is 32.2 Å². The van der Waals surface area contributed by atoms with Crippen LogP contribution in [0, 0.1) is 0 Å². The molecule has 236 valence electrons. The Balaban J connectivity index is 1.18. The Bertz CT molecular complexity index is 1530. The molecule has 8 nitrogen and oxygen atoms in total. The van der Waals surface area contributed by atoms with Gasteiger partial charge in [0.1, 0.15) is 16.5 Å². The van der Waals surface area contributed by atoms with Gasteiger partial charge in [-0.3, -0.25) is 14.6 Å². The normalized spacial score (nSPS) is 13.8. The molecule has 1 aliphatic rings. The number of nitrogens with zero attached hydrogens (tertiary/aromatic N) is 4. The minimum Gasteiger partial charge on any atom is -0.497 e. The number of aromatic nitrogens is 1. The Hall–Kier alpha value is -4.18. The van der Waals surface area contributed by atoms with Crippen molar-refractivity contribution in [1.29, 1.82) is 0 Å². The monoisotopic (exact) mass is 626 g/mol. The van der Waals surface area contributed by atoms with Crippen LogP contribution in [0.4, 0.5) is 0 Å². The second kappa shape index (κ2) is 16.2. The summed E-state index contributed by atoms with van der Waals surface area (Å²) in [6, 6.07) is 24.5. The molecule has 0 spiro atoms. The van der Waals surface area contributed by atoms with E-state index in [-0.39, 0.29) is 5.91 Å². The largest absolute Gasteiger partial charge is 0.497 e.